The van der Waals surface area contributed by atoms with Crippen molar-refractivity contribution in [3.63, 3.8) is 0 Å². The van der Waals surface area contributed by atoms with E-state index in [2.05, 4.69) is 18.4 Å². The maximum atomic E-state index is 10.9. The molecule has 5 heteroatoms. The van der Waals surface area contributed by atoms with E-state index in [-0.39, 0.29) is 11.8 Å². The van der Waals surface area contributed by atoms with E-state index in [0.29, 0.717) is 0 Å². The Morgan fingerprint density at radius 2 is 2.29 bits per heavy atom. The van der Waals surface area contributed by atoms with Crippen LogP contribution >= 0.6 is 10.7 Å². The van der Waals surface area contributed by atoms with Gasteiger partial charge in [0.2, 0.25) is 9.05 Å². The second-order valence-corrected chi connectivity index (χ2v) is 6.40. The van der Waals surface area contributed by atoms with Crippen LogP contribution in [0.15, 0.2) is 12.2 Å². The highest BCUT2D eigenvalue weighted by Gasteiger charge is 2.27. The highest BCUT2D eigenvalue weighted by molar-refractivity contribution is 8.13. The minimum absolute atomic E-state index is 0.101. The minimum atomic E-state index is -3.45. The number of hydrogen-bond donors (Lipinski definition) is 0. The van der Waals surface area contributed by atoms with Gasteiger partial charge in [-0.05, 0) is 31.5 Å². The third-order valence-electron chi connectivity index (χ3n) is 2.60. The minimum Gasteiger partial charge on any atom is -0.297 e. The molecule has 0 aromatic carbocycles. The molecule has 0 bridgehead atoms. The van der Waals surface area contributed by atoms with Gasteiger partial charge < -0.3 is 0 Å². The summed E-state index contributed by atoms with van der Waals surface area (Å²) in [6.45, 7) is 7.85. The smallest absolute Gasteiger partial charge is 0.236 e. The first-order chi connectivity index (χ1) is 6.44. The number of likely N-dealkylation sites (N-methyl/N-ethyl adjacent to an activating group) is 1. The molecule has 1 atom stereocenters. The number of rotatable bonds is 4. The fourth-order valence-electron chi connectivity index (χ4n) is 1.98. The predicted octanol–water partition coefficient (Wildman–Crippen LogP) is 1.60. The van der Waals surface area contributed by atoms with Gasteiger partial charge in [0, 0.05) is 16.7 Å². The van der Waals surface area contributed by atoms with Gasteiger partial charge in [-0.15, -0.1) is 0 Å². The van der Waals surface area contributed by atoms with E-state index < -0.39 is 9.05 Å². The lowest BCUT2D eigenvalue weighted by Crippen LogP contribution is -2.32. The molecule has 0 amide bonds. The van der Waals surface area contributed by atoms with E-state index >= 15 is 0 Å². The molecule has 0 saturated carbocycles. The van der Waals surface area contributed by atoms with Crippen LogP contribution < -0.4 is 0 Å². The van der Waals surface area contributed by atoms with E-state index in [1.54, 1.807) is 0 Å². The van der Waals surface area contributed by atoms with Crippen LogP contribution in [0.2, 0.25) is 0 Å². The van der Waals surface area contributed by atoms with Gasteiger partial charge in [-0.25, -0.2) is 8.42 Å². The standard InChI is InChI=1S/C9H16ClNO2S/c1-3-11-6-4-5-9(11)8(2)7-14(10,12)13/h9H,2-7H2,1H3. The summed E-state index contributed by atoms with van der Waals surface area (Å²) in [6, 6.07) is 0.202. The van der Waals surface area contributed by atoms with E-state index in [0.717, 1.165) is 31.5 Å². The molecule has 1 aliphatic rings. The van der Waals surface area contributed by atoms with Gasteiger partial charge in [0.15, 0.2) is 0 Å². The van der Waals surface area contributed by atoms with Crippen LogP contribution in [-0.4, -0.2) is 38.2 Å². The van der Waals surface area contributed by atoms with Crippen molar-refractivity contribution in [1.29, 1.82) is 0 Å². The summed E-state index contributed by atoms with van der Waals surface area (Å²) in [5.74, 6) is -0.101. The third-order valence-corrected chi connectivity index (χ3v) is 3.64. The number of hydrogen-bond acceptors (Lipinski definition) is 3. The Hall–Kier alpha value is -0.0600. The Bertz CT molecular complexity index is 313. The molecule has 1 rings (SSSR count). The van der Waals surface area contributed by atoms with Crippen molar-refractivity contribution in [2.75, 3.05) is 18.8 Å². The Balaban J connectivity index is 2.60. The zero-order chi connectivity index (χ0) is 10.8. The molecular weight excluding hydrogens is 222 g/mol. The largest absolute Gasteiger partial charge is 0.297 e. The maximum absolute atomic E-state index is 10.9. The molecule has 0 aliphatic carbocycles. The van der Waals surface area contributed by atoms with E-state index in [9.17, 15) is 8.42 Å². The van der Waals surface area contributed by atoms with Crippen molar-refractivity contribution < 1.29 is 8.42 Å². The zero-order valence-corrected chi connectivity index (χ0v) is 9.94. The average Bonchev–Trinajstić information content (AvgIpc) is 2.47. The van der Waals surface area contributed by atoms with E-state index in [1.807, 2.05) is 0 Å². The molecule has 0 spiro atoms. The summed E-state index contributed by atoms with van der Waals surface area (Å²) < 4.78 is 21.8. The summed E-state index contributed by atoms with van der Waals surface area (Å²) in [5.41, 5.74) is 0.722. The van der Waals surface area contributed by atoms with Gasteiger partial charge in [0.05, 0.1) is 5.75 Å². The van der Waals surface area contributed by atoms with Gasteiger partial charge in [0.1, 0.15) is 0 Å². The lowest BCUT2D eigenvalue weighted by atomic mass is 10.1. The Morgan fingerprint density at radius 3 is 2.79 bits per heavy atom. The van der Waals surface area contributed by atoms with Gasteiger partial charge in [-0.3, -0.25) is 4.90 Å². The van der Waals surface area contributed by atoms with Crippen molar-refractivity contribution in [1.82, 2.24) is 4.90 Å². The first-order valence-corrected chi connectivity index (χ1v) is 7.26. The molecule has 0 radical (unpaired) electrons. The van der Waals surface area contributed by atoms with Crippen LogP contribution in [-0.2, 0) is 9.05 Å². The molecule has 1 aliphatic heterocycles. The van der Waals surface area contributed by atoms with E-state index in [4.69, 9.17) is 10.7 Å². The highest BCUT2D eigenvalue weighted by Crippen LogP contribution is 2.23. The van der Waals surface area contributed by atoms with Crippen LogP contribution in [0.5, 0.6) is 0 Å². The summed E-state index contributed by atoms with van der Waals surface area (Å²) in [7, 11) is 1.74. The second kappa shape index (κ2) is 4.64. The molecule has 0 N–H and O–H groups in total. The molecule has 1 saturated heterocycles. The Morgan fingerprint density at radius 1 is 1.64 bits per heavy atom. The molecule has 0 aromatic heterocycles. The lowest BCUT2D eigenvalue weighted by molar-refractivity contribution is 0.297. The summed E-state index contributed by atoms with van der Waals surface area (Å²) in [5, 5.41) is 0. The molecular formula is C9H16ClNO2S. The quantitative estimate of drug-likeness (QED) is 0.551. The zero-order valence-electron chi connectivity index (χ0n) is 8.37. The van der Waals surface area contributed by atoms with Crippen molar-refractivity contribution in [2.45, 2.75) is 25.8 Å². The molecule has 0 aromatic rings. The first-order valence-electron chi connectivity index (χ1n) is 4.78. The summed E-state index contributed by atoms with van der Waals surface area (Å²) in [4.78, 5) is 2.24. The molecule has 1 fully saturated rings. The molecule has 3 nitrogen and oxygen atoms in total. The van der Waals surface area contributed by atoms with Crippen LogP contribution in [0.4, 0.5) is 0 Å². The number of halogens is 1. The molecule has 1 heterocycles. The monoisotopic (exact) mass is 237 g/mol. The van der Waals surface area contributed by atoms with Crippen LogP contribution in [0.25, 0.3) is 0 Å². The normalized spacial score (nSPS) is 24.0. The second-order valence-electron chi connectivity index (χ2n) is 3.63. The molecule has 82 valence electrons. The van der Waals surface area contributed by atoms with Gasteiger partial charge >= 0.3 is 0 Å². The van der Waals surface area contributed by atoms with Crippen molar-refractivity contribution in [2.24, 2.45) is 0 Å². The number of nitrogens with zero attached hydrogens (tertiary/aromatic N) is 1. The highest BCUT2D eigenvalue weighted by atomic mass is 35.7. The van der Waals surface area contributed by atoms with Gasteiger partial charge in [0.25, 0.3) is 0 Å². The Labute approximate surface area is 90.2 Å². The van der Waals surface area contributed by atoms with Crippen molar-refractivity contribution in [3.8, 4) is 0 Å². The van der Waals surface area contributed by atoms with Crippen LogP contribution in [0.1, 0.15) is 19.8 Å². The van der Waals surface area contributed by atoms with Crippen LogP contribution in [0, 0.1) is 0 Å². The molecule has 1 unspecified atom stereocenters. The van der Waals surface area contributed by atoms with Crippen LogP contribution in [0.3, 0.4) is 0 Å². The topological polar surface area (TPSA) is 37.4 Å². The average molecular weight is 238 g/mol. The number of likely N-dealkylation sites (tertiary alicyclic amines) is 1. The van der Waals surface area contributed by atoms with E-state index in [1.165, 1.54) is 0 Å². The predicted molar refractivity (Wildman–Crippen MR) is 59.0 cm³/mol. The summed E-state index contributed by atoms with van der Waals surface area (Å²) in [6.07, 6.45) is 2.11. The third kappa shape index (κ3) is 3.26. The lowest BCUT2D eigenvalue weighted by Gasteiger charge is -2.23. The fraction of sp³-hybridized carbons (Fsp3) is 0.778. The van der Waals surface area contributed by atoms with Crippen molar-refractivity contribution >= 4 is 19.7 Å². The Kier molecular flexibility index (Phi) is 3.98. The van der Waals surface area contributed by atoms with Crippen molar-refractivity contribution in [3.05, 3.63) is 12.2 Å². The van der Waals surface area contributed by atoms with Gasteiger partial charge in [-0.1, -0.05) is 13.5 Å². The SMILES string of the molecule is C=C(CS(=O)(=O)Cl)C1CCCN1CC. The summed E-state index contributed by atoms with van der Waals surface area (Å²) >= 11 is 0. The fourth-order valence-corrected chi connectivity index (χ4v) is 3.04. The van der Waals surface area contributed by atoms with Gasteiger partial charge in [-0.2, -0.15) is 0 Å². The first kappa shape index (κ1) is 12.0. The molecule has 14 heavy (non-hydrogen) atoms. The maximum Gasteiger partial charge on any atom is 0.236 e.